The number of halogens is 1. The summed E-state index contributed by atoms with van der Waals surface area (Å²) in [5, 5.41) is 5.66. The van der Waals surface area contributed by atoms with Gasteiger partial charge >= 0.3 is 0 Å². The van der Waals surface area contributed by atoms with Gasteiger partial charge in [-0.1, -0.05) is 17.7 Å². The third-order valence-electron chi connectivity index (χ3n) is 3.37. The predicted molar refractivity (Wildman–Crippen MR) is 89.3 cm³/mol. The molecule has 0 aliphatic heterocycles. The molecule has 21 heavy (non-hydrogen) atoms. The number of carbonyl (C=O) groups is 1. The molecule has 5 heteroatoms. The van der Waals surface area contributed by atoms with Gasteiger partial charge < -0.3 is 10.2 Å². The number of hydrogen-bond acceptors (Lipinski definition) is 2. The van der Waals surface area contributed by atoms with Gasteiger partial charge in [0.05, 0.1) is 11.9 Å². The second kappa shape index (κ2) is 7.07. The van der Waals surface area contributed by atoms with Crippen molar-refractivity contribution in [2.24, 2.45) is 0 Å². The zero-order chi connectivity index (χ0) is 15.4. The Kier molecular flexibility index (Phi) is 5.39. The van der Waals surface area contributed by atoms with Gasteiger partial charge in [-0.2, -0.15) is 0 Å². The molecule has 1 aromatic carbocycles. The SMILES string of the molecule is Cc1ccc(Cl)cc1NC(=O)C[NH+](C)Cc1sccc1C. The maximum atomic E-state index is 12.1. The first-order chi connectivity index (χ1) is 9.95. The summed E-state index contributed by atoms with van der Waals surface area (Å²) >= 11 is 7.71. The number of rotatable bonds is 5. The zero-order valence-corrected chi connectivity index (χ0v) is 14.1. The van der Waals surface area contributed by atoms with E-state index in [0.29, 0.717) is 11.6 Å². The van der Waals surface area contributed by atoms with Crippen molar-refractivity contribution < 1.29 is 9.69 Å². The van der Waals surface area contributed by atoms with Crippen molar-refractivity contribution >= 4 is 34.5 Å². The van der Waals surface area contributed by atoms with Gasteiger partial charge in [-0.3, -0.25) is 4.79 Å². The van der Waals surface area contributed by atoms with Crippen LogP contribution in [0.5, 0.6) is 0 Å². The van der Waals surface area contributed by atoms with Crippen LogP contribution in [-0.2, 0) is 11.3 Å². The van der Waals surface area contributed by atoms with Gasteiger partial charge in [0, 0.05) is 10.7 Å². The average Bonchev–Trinajstić information content (AvgIpc) is 2.79. The standard InChI is InChI=1S/C16H19ClN2OS/c1-11-4-5-13(17)8-14(11)18-16(20)10-19(3)9-15-12(2)6-7-21-15/h4-8H,9-10H2,1-3H3,(H,18,20)/p+1. The highest BCUT2D eigenvalue weighted by molar-refractivity contribution is 7.10. The minimum absolute atomic E-state index is 0.00655. The number of quaternary nitrogens is 1. The molecule has 0 bridgehead atoms. The van der Waals surface area contributed by atoms with E-state index in [1.54, 1.807) is 17.4 Å². The maximum Gasteiger partial charge on any atom is 0.279 e. The molecule has 1 atom stereocenters. The molecule has 0 spiro atoms. The Morgan fingerprint density at radius 1 is 1.29 bits per heavy atom. The van der Waals surface area contributed by atoms with Crippen LogP contribution in [0.2, 0.25) is 5.02 Å². The van der Waals surface area contributed by atoms with Crippen LogP contribution in [0.3, 0.4) is 0 Å². The Labute approximate surface area is 134 Å². The lowest BCUT2D eigenvalue weighted by molar-refractivity contribution is -0.884. The van der Waals surface area contributed by atoms with Gasteiger partial charge in [0.2, 0.25) is 0 Å². The van der Waals surface area contributed by atoms with Crippen molar-refractivity contribution in [3.63, 3.8) is 0 Å². The van der Waals surface area contributed by atoms with Crippen molar-refractivity contribution in [3.8, 4) is 0 Å². The first-order valence-electron chi connectivity index (χ1n) is 6.86. The molecule has 0 radical (unpaired) electrons. The smallest absolute Gasteiger partial charge is 0.279 e. The van der Waals surface area contributed by atoms with E-state index >= 15 is 0 Å². The highest BCUT2D eigenvalue weighted by atomic mass is 35.5. The van der Waals surface area contributed by atoms with Crippen LogP contribution < -0.4 is 10.2 Å². The normalized spacial score (nSPS) is 12.2. The van der Waals surface area contributed by atoms with Crippen LogP contribution in [0, 0.1) is 13.8 Å². The van der Waals surface area contributed by atoms with Gasteiger partial charge in [0.15, 0.2) is 6.54 Å². The summed E-state index contributed by atoms with van der Waals surface area (Å²) in [5.74, 6) is 0.00655. The van der Waals surface area contributed by atoms with E-state index < -0.39 is 0 Å². The van der Waals surface area contributed by atoms with Crippen LogP contribution in [-0.4, -0.2) is 19.5 Å². The lowest BCUT2D eigenvalue weighted by atomic mass is 10.2. The number of aryl methyl sites for hydroxylation is 2. The number of nitrogens with one attached hydrogen (secondary N) is 2. The van der Waals surface area contributed by atoms with E-state index in [4.69, 9.17) is 11.6 Å². The van der Waals surface area contributed by atoms with E-state index in [1.807, 2.05) is 26.1 Å². The molecule has 1 heterocycles. The Morgan fingerprint density at radius 3 is 2.71 bits per heavy atom. The Hall–Kier alpha value is -1.36. The molecule has 0 fully saturated rings. The fraction of sp³-hybridized carbons (Fsp3) is 0.312. The van der Waals surface area contributed by atoms with Crippen molar-refractivity contribution in [3.05, 3.63) is 50.7 Å². The summed E-state index contributed by atoms with van der Waals surface area (Å²) in [5.41, 5.74) is 3.09. The van der Waals surface area contributed by atoms with Crippen LogP contribution in [0.1, 0.15) is 16.0 Å². The summed E-state index contributed by atoms with van der Waals surface area (Å²) in [7, 11) is 2.03. The molecule has 1 unspecified atom stereocenters. The van der Waals surface area contributed by atoms with Gasteiger partial charge in [-0.25, -0.2) is 0 Å². The van der Waals surface area contributed by atoms with Crippen LogP contribution in [0.15, 0.2) is 29.6 Å². The molecule has 1 aromatic heterocycles. The molecule has 0 saturated carbocycles. The molecule has 0 aliphatic rings. The van der Waals surface area contributed by atoms with Gasteiger partial charge in [-0.05, 0) is 48.6 Å². The van der Waals surface area contributed by atoms with E-state index in [-0.39, 0.29) is 5.91 Å². The lowest BCUT2D eigenvalue weighted by Gasteiger charge is -2.14. The van der Waals surface area contributed by atoms with Gasteiger partial charge in [0.1, 0.15) is 6.54 Å². The fourth-order valence-corrected chi connectivity index (χ4v) is 3.31. The first kappa shape index (κ1) is 16.0. The highest BCUT2D eigenvalue weighted by Gasteiger charge is 2.13. The Balaban J connectivity index is 1.92. The van der Waals surface area contributed by atoms with Crippen LogP contribution in [0.25, 0.3) is 0 Å². The predicted octanol–water partition coefficient (Wildman–Crippen LogP) is 2.67. The molecule has 0 aliphatic carbocycles. The molecule has 2 aromatic rings. The fourth-order valence-electron chi connectivity index (χ4n) is 2.12. The zero-order valence-electron chi connectivity index (χ0n) is 12.5. The van der Waals surface area contributed by atoms with E-state index in [2.05, 4.69) is 23.7 Å². The third-order valence-corrected chi connectivity index (χ3v) is 4.62. The molecule has 0 saturated heterocycles. The molecule has 2 rings (SSSR count). The molecular formula is C16H20ClN2OS+. The van der Waals surface area contributed by atoms with E-state index in [1.165, 1.54) is 10.4 Å². The van der Waals surface area contributed by atoms with Crippen molar-refractivity contribution in [2.75, 3.05) is 18.9 Å². The number of hydrogen-bond donors (Lipinski definition) is 2. The maximum absolute atomic E-state index is 12.1. The topological polar surface area (TPSA) is 33.5 Å². The minimum atomic E-state index is 0.00655. The summed E-state index contributed by atoms with van der Waals surface area (Å²) in [6, 6.07) is 7.63. The van der Waals surface area contributed by atoms with Gasteiger partial charge in [-0.15, -0.1) is 11.3 Å². The molecule has 2 N–H and O–H groups in total. The number of benzene rings is 1. The molecular weight excluding hydrogens is 304 g/mol. The average molecular weight is 324 g/mol. The Bertz CT molecular complexity index is 639. The van der Waals surface area contributed by atoms with Crippen molar-refractivity contribution in [1.82, 2.24) is 0 Å². The van der Waals surface area contributed by atoms with Crippen LogP contribution in [0.4, 0.5) is 5.69 Å². The quantitative estimate of drug-likeness (QED) is 0.871. The number of amides is 1. The monoisotopic (exact) mass is 323 g/mol. The second-order valence-electron chi connectivity index (χ2n) is 5.34. The number of anilines is 1. The molecule has 112 valence electrons. The van der Waals surface area contributed by atoms with Crippen LogP contribution >= 0.6 is 22.9 Å². The summed E-state index contributed by atoms with van der Waals surface area (Å²) < 4.78 is 0. The number of thiophene rings is 1. The Morgan fingerprint density at radius 2 is 2.05 bits per heavy atom. The summed E-state index contributed by atoms with van der Waals surface area (Å²) in [6.07, 6.45) is 0. The third kappa shape index (κ3) is 4.56. The first-order valence-corrected chi connectivity index (χ1v) is 8.11. The van der Waals surface area contributed by atoms with Crippen molar-refractivity contribution in [2.45, 2.75) is 20.4 Å². The minimum Gasteiger partial charge on any atom is -0.325 e. The number of likely N-dealkylation sites (N-methyl/N-ethyl adjacent to an activating group) is 1. The second-order valence-corrected chi connectivity index (χ2v) is 6.78. The molecule has 3 nitrogen and oxygen atoms in total. The summed E-state index contributed by atoms with van der Waals surface area (Å²) in [4.78, 5) is 14.6. The van der Waals surface area contributed by atoms with E-state index in [9.17, 15) is 4.79 Å². The summed E-state index contributed by atoms with van der Waals surface area (Å²) in [6.45, 7) is 5.36. The van der Waals surface area contributed by atoms with Crippen molar-refractivity contribution in [1.29, 1.82) is 0 Å². The molecule has 1 amide bonds. The lowest BCUT2D eigenvalue weighted by Crippen LogP contribution is -3.08. The van der Waals surface area contributed by atoms with E-state index in [0.717, 1.165) is 22.7 Å². The number of carbonyl (C=O) groups excluding carboxylic acids is 1. The largest absolute Gasteiger partial charge is 0.325 e. The van der Waals surface area contributed by atoms with Gasteiger partial charge in [0.25, 0.3) is 5.91 Å². The highest BCUT2D eigenvalue weighted by Crippen LogP contribution is 2.19.